The molecule has 0 amide bonds. The monoisotopic (exact) mass is 240 g/mol. The second kappa shape index (κ2) is 8.93. The van der Waals surface area contributed by atoms with Crippen LogP contribution in [-0.2, 0) is 0 Å². The maximum Gasteiger partial charge on any atom is 0.0218 e. The summed E-state index contributed by atoms with van der Waals surface area (Å²) < 4.78 is 0. The van der Waals surface area contributed by atoms with Crippen LogP contribution in [0.15, 0.2) is 0 Å². The highest BCUT2D eigenvalue weighted by Crippen LogP contribution is 2.13. The minimum atomic E-state index is 0.718. The second-order valence-electron chi connectivity index (χ2n) is 6.13. The van der Waals surface area contributed by atoms with Crippen molar-refractivity contribution in [3.05, 3.63) is 0 Å². The Morgan fingerprint density at radius 1 is 1.18 bits per heavy atom. The third-order valence-electron chi connectivity index (χ3n) is 3.94. The van der Waals surface area contributed by atoms with Gasteiger partial charge in [0.25, 0.3) is 0 Å². The van der Waals surface area contributed by atoms with E-state index in [2.05, 4.69) is 31.4 Å². The summed E-state index contributed by atoms with van der Waals surface area (Å²) in [5, 5.41) is 7.16. The minimum absolute atomic E-state index is 0.718. The summed E-state index contributed by atoms with van der Waals surface area (Å²) in [4.78, 5) is 0. The van der Waals surface area contributed by atoms with Gasteiger partial charge in [0.1, 0.15) is 0 Å². The molecule has 0 aromatic heterocycles. The van der Waals surface area contributed by atoms with Crippen LogP contribution in [0.5, 0.6) is 0 Å². The molecule has 0 aromatic carbocycles. The van der Waals surface area contributed by atoms with Crippen LogP contribution in [0.1, 0.15) is 59.3 Å². The molecule has 102 valence electrons. The fourth-order valence-electron chi connectivity index (χ4n) is 2.59. The third-order valence-corrected chi connectivity index (χ3v) is 3.94. The van der Waals surface area contributed by atoms with Crippen molar-refractivity contribution in [2.75, 3.05) is 19.6 Å². The molecule has 0 aromatic rings. The summed E-state index contributed by atoms with van der Waals surface area (Å²) in [7, 11) is 0. The molecule has 17 heavy (non-hydrogen) atoms. The smallest absolute Gasteiger partial charge is 0.0218 e. The molecule has 0 radical (unpaired) electrons. The van der Waals surface area contributed by atoms with E-state index >= 15 is 0 Å². The first-order valence-electron chi connectivity index (χ1n) is 7.64. The van der Waals surface area contributed by atoms with Gasteiger partial charge in [0.2, 0.25) is 0 Å². The Kier molecular flexibility index (Phi) is 7.87. The largest absolute Gasteiger partial charge is 0.315 e. The number of hydrogen-bond donors (Lipinski definition) is 2. The van der Waals surface area contributed by atoms with E-state index in [-0.39, 0.29) is 0 Å². The summed E-state index contributed by atoms with van der Waals surface area (Å²) in [6.45, 7) is 10.6. The normalized spacial score (nSPS) is 24.7. The lowest BCUT2D eigenvalue weighted by Gasteiger charge is -2.16. The van der Waals surface area contributed by atoms with Gasteiger partial charge in [0.05, 0.1) is 0 Å². The van der Waals surface area contributed by atoms with E-state index in [1.165, 1.54) is 51.6 Å². The Hall–Kier alpha value is -0.0800. The van der Waals surface area contributed by atoms with E-state index in [0.29, 0.717) is 0 Å². The Morgan fingerprint density at radius 2 is 1.94 bits per heavy atom. The Bertz CT molecular complexity index is 180. The van der Waals surface area contributed by atoms with Crippen molar-refractivity contribution in [2.24, 2.45) is 11.8 Å². The summed E-state index contributed by atoms with van der Waals surface area (Å²) in [5.74, 6) is 1.73. The molecule has 0 saturated carbocycles. The van der Waals surface area contributed by atoms with Crippen LogP contribution >= 0.6 is 0 Å². The van der Waals surface area contributed by atoms with E-state index in [0.717, 1.165) is 24.4 Å². The lowest BCUT2D eigenvalue weighted by atomic mass is 10.0. The fraction of sp³-hybridized carbons (Fsp3) is 1.00. The van der Waals surface area contributed by atoms with Crippen molar-refractivity contribution < 1.29 is 0 Å². The molecule has 1 heterocycles. The zero-order valence-corrected chi connectivity index (χ0v) is 12.1. The first-order valence-corrected chi connectivity index (χ1v) is 7.64. The van der Waals surface area contributed by atoms with Gasteiger partial charge in [-0.15, -0.1) is 0 Å². The highest BCUT2D eigenvalue weighted by molar-refractivity contribution is 4.82. The van der Waals surface area contributed by atoms with E-state index in [4.69, 9.17) is 0 Å². The van der Waals surface area contributed by atoms with Crippen molar-refractivity contribution >= 4 is 0 Å². The average molecular weight is 240 g/mol. The van der Waals surface area contributed by atoms with Crippen molar-refractivity contribution in [3.63, 3.8) is 0 Å². The summed E-state index contributed by atoms with van der Waals surface area (Å²) in [6, 6.07) is 0.718. The maximum atomic E-state index is 3.59. The molecule has 0 aliphatic carbocycles. The zero-order chi connectivity index (χ0) is 12.5. The van der Waals surface area contributed by atoms with Gasteiger partial charge in [-0.05, 0) is 37.8 Å². The predicted octanol–water partition coefficient (Wildman–Crippen LogP) is 3.18. The van der Waals surface area contributed by atoms with Gasteiger partial charge < -0.3 is 10.6 Å². The predicted molar refractivity (Wildman–Crippen MR) is 76.4 cm³/mol. The van der Waals surface area contributed by atoms with Gasteiger partial charge in [-0.25, -0.2) is 0 Å². The first kappa shape index (κ1) is 15.0. The molecule has 0 bridgehead atoms. The van der Waals surface area contributed by atoms with Gasteiger partial charge in [-0.2, -0.15) is 0 Å². The number of hydrogen-bond acceptors (Lipinski definition) is 2. The van der Waals surface area contributed by atoms with Crippen LogP contribution in [0.3, 0.4) is 0 Å². The van der Waals surface area contributed by atoms with E-state index < -0.39 is 0 Å². The molecule has 1 aliphatic rings. The maximum absolute atomic E-state index is 3.59. The first-order chi connectivity index (χ1) is 8.20. The molecular weight excluding hydrogens is 208 g/mol. The molecule has 0 spiro atoms. The van der Waals surface area contributed by atoms with E-state index in [1.807, 2.05) is 0 Å². The molecule has 2 atom stereocenters. The Balaban J connectivity index is 1.81. The third kappa shape index (κ3) is 7.05. The van der Waals surface area contributed by atoms with Crippen LogP contribution < -0.4 is 10.6 Å². The molecule has 2 heteroatoms. The molecule has 1 aliphatic heterocycles. The number of nitrogens with one attached hydrogen (secondary N) is 2. The molecular formula is C15H32N2. The van der Waals surface area contributed by atoms with Gasteiger partial charge in [-0.3, -0.25) is 0 Å². The second-order valence-corrected chi connectivity index (χ2v) is 6.13. The molecule has 1 rings (SSSR count). The van der Waals surface area contributed by atoms with Crippen LogP contribution in [0.2, 0.25) is 0 Å². The van der Waals surface area contributed by atoms with Crippen LogP contribution in [0.4, 0.5) is 0 Å². The topological polar surface area (TPSA) is 24.1 Å². The molecule has 2 nitrogen and oxygen atoms in total. The van der Waals surface area contributed by atoms with Gasteiger partial charge in [0.15, 0.2) is 0 Å². The van der Waals surface area contributed by atoms with Gasteiger partial charge in [0, 0.05) is 12.6 Å². The summed E-state index contributed by atoms with van der Waals surface area (Å²) in [5.41, 5.74) is 0. The van der Waals surface area contributed by atoms with Gasteiger partial charge >= 0.3 is 0 Å². The number of unbranched alkanes of at least 4 members (excludes halogenated alkanes) is 3. The van der Waals surface area contributed by atoms with E-state index in [1.54, 1.807) is 0 Å². The minimum Gasteiger partial charge on any atom is -0.315 e. The fourth-order valence-corrected chi connectivity index (χ4v) is 2.59. The summed E-state index contributed by atoms with van der Waals surface area (Å²) >= 11 is 0. The standard InChI is InChI=1S/C15H32N2/c1-13(2)8-6-4-5-7-10-16-12-15-14(3)9-11-17-15/h13-17H,4-12H2,1-3H3. The van der Waals surface area contributed by atoms with Crippen LogP contribution in [0.25, 0.3) is 0 Å². The lowest BCUT2D eigenvalue weighted by Crippen LogP contribution is -2.37. The average Bonchev–Trinajstić information content (AvgIpc) is 2.68. The molecule has 1 saturated heterocycles. The van der Waals surface area contributed by atoms with Crippen LogP contribution in [-0.4, -0.2) is 25.7 Å². The van der Waals surface area contributed by atoms with Crippen molar-refractivity contribution in [3.8, 4) is 0 Å². The molecule has 2 N–H and O–H groups in total. The Labute approximate surface area is 108 Å². The van der Waals surface area contributed by atoms with Crippen molar-refractivity contribution in [1.29, 1.82) is 0 Å². The highest BCUT2D eigenvalue weighted by atomic mass is 15.0. The van der Waals surface area contributed by atoms with Crippen LogP contribution in [0, 0.1) is 11.8 Å². The molecule has 1 fully saturated rings. The quantitative estimate of drug-likeness (QED) is 0.605. The SMILES string of the molecule is CC(C)CCCCCCNCC1NCCC1C. The zero-order valence-electron chi connectivity index (χ0n) is 12.1. The number of rotatable bonds is 9. The highest BCUT2D eigenvalue weighted by Gasteiger charge is 2.21. The Morgan fingerprint density at radius 3 is 2.59 bits per heavy atom. The van der Waals surface area contributed by atoms with E-state index in [9.17, 15) is 0 Å². The lowest BCUT2D eigenvalue weighted by molar-refractivity contribution is 0.441. The van der Waals surface area contributed by atoms with Crippen molar-refractivity contribution in [1.82, 2.24) is 10.6 Å². The molecule has 2 unspecified atom stereocenters. The van der Waals surface area contributed by atoms with Crippen molar-refractivity contribution in [2.45, 2.75) is 65.3 Å². The van der Waals surface area contributed by atoms with Gasteiger partial charge in [-0.1, -0.05) is 46.5 Å². The summed E-state index contributed by atoms with van der Waals surface area (Å²) in [6.07, 6.45) is 8.32.